The molecule has 0 heterocycles. The highest BCUT2D eigenvalue weighted by Gasteiger charge is 2.24. The summed E-state index contributed by atoms with van der Waals surface area (Å²) in [6, 6.07) is -1.08. The van der Waals surface area contributed by atoms with Crippen molar-refractivity contribution < 1.29 is 22.9 Å². The van der Waals surface area contributed by atoms with Gasteiger partial charge < -0.3 is 10.4 Å². The summed E-state index contributed by atoms with van der Waals surface area (Å²) in [5, 5.41) is 12.9. The first-order chi connectivity index (χ1) is 17.8. The predicted octanol–water partition coefficient (Wildman–Crippen LogP) is 7.23. The summed E-state index contributed by atoms with van der Waals surface area (Å²) in [5.41, 5.74) is 0. The minimum Gasteiger partial charge on any atom is -0.387 e. The Kier molecular flexibility index (Phi) is 23.5. The molecule has 6 nitrogen and oxygen atoms in total. The second-order valence-corrected chi connectivity index (χ2v) is 11.2. The summed E-state index contributed by atoms with van der Waals surface area (Å²) in [7, 11) is -4.34. The van der Waals surface area contributed by atoms with Gasteiger partial charge >= 0.3 is 0 Å². The first kappa shape index (κ1) is 35.3. The Morgan fingerprint density at radius 2 is 1.30 bits per heavy atom. The number of rotatable bonds is 24. The number of unbranched alkanes of at least 4 members (excludes halogenated alkanes) is 10. The van der Waals surface area contributed by atoms with Gasteiger partial charge in [0.05, 0.1) is 17.9 Å². The highest BCUT2D eigenvalue weighted by Crippen LogP contribution is 2.09. The van der Waals surface area contributed by atoms with Crippen LogP contribution in [0.5, 0.6) is 0 Å². The van der Waals surface area contributed by atoms with Gasteiger partial charge in [0, 0.05) is 6.42 Å². The zero-order chi connectivity index (χ0) is 27.6. The van der Waals surface area contributed by atoms with Crippen LogP contribution < -0.4 is 5.32 Å². The van der Waals surface area contributed by atoms with Crippen LogP contribution in [0, 0.1) is 0 Å². The molecule has 0 radical (unpaired) electrons. The van der Waals surface area contributed by atoms with Crippen molar-refractivity contribution in [3.05, 3.63) is 48.6 Å². The number of aliphatic hydroxyl groups excluding tert-OH is 1. The van der Waals surface area contributed by atoms with E-state index in [1.165, 1.54) is 31.8 Å². The van der Waals surface area contributed by atoms with Gasteiger partial charge in [-0.15, -0.1) is 0 Å². The van der Waals surface area contributed by atoms with E-state index in [-0.39, 0.29) is 12.3 Å². The molecule has 0 aliphatic rings. The third-order valence-electron chi connectivity index (χ3n) is 5.96. The summed E-state index contributed by atoms with van der Waals surface area (Å²) in [6.07, 6.45) is 31.2. The molecule has 0 saturated carbocycles. The lowest BCUT2D eigenvalue weighted by molar-refractivity contribution is -0.122. The van der Waals surface area contributed by atoms with Gasteiger partial charge in [-0.05, 0) is 57.8 Å². The minimum atomic E-state index is -4.34. The molecule has 0 fully saturated rings. The van der Waals surface area contributed by atoms with Gasteiger partial charge in [-0.1, -0.05) is 101 Å². The second kappa shape index (κ2) is 24.6. The second-order valence-electron chi connectivity index (χ2n) is 9.66. The van der Waals surface area contributed by atoms with Gasteiger partial charge in [0.25, 0.3) is 10.1 Å². The number of carbonyl (C=O) groups excluding carboxylic acids is 1. The molecule has 0 bridgehead atoms. The normalized spacial score (nSPS) is 14.4. The molecule has 0 saturated heterocycles. The van der Waals surface area contributed by atoms with E-state index in [1.807, 2.05) is 0 Å². The summed E-state index contributed by atoms with van der Waals surface area (Å²) in [4.78, 5) is 12.3. The molecule has 1 amide bonds. The Labute approximate surface area is 227 Å². The Morgan fingerprint density at radius 1 is 0.730 bits per heavy atom. The van der Waals surface area contributed by atoms with Crippen LogP contribution in [0.4, 0.5) is 0 Å². The van der Waals surface area contributed by atoms with Gasteiger partial charge in [-0.3, -0.25) is 9.35 Å². The van der Waals surface area contributed by atoms with Crippen molar-refractivity contribution in [1.29, 1.82) is 0 Å². The fourth-order valence-electron chi connectivity index (χ4n) is 3.79. The van der Waals surface area contributed by atoms with E-state index >= 15 is 0 Å². The van der Waals surface area contributed by atoms with Gasteiger partial charge in [0.1, 0.15) is 0 Å². The topological polar surface area (TPSA) is 104 Å². The van der Waals surface area contributed by atoms with Crippen LogP contribution in [0.15, 0.2) is 48.6 Å². The molecule has 0 aromatic heterocycles. The summed E-state index contributed by atoms with van der Waals surface area (Å²) >= 11 is 0. The van der Waals surface area contributed by atoms with Gasteiger partial charge in [0.2, 0.25) is 5.91 Å². The smallest absolute Gasteiger partial charge is 0.267 e. The maximum absolute atomic E-state index is 12.3. The molecule has 2 atom stereocenters. The molecular weight excluding hydrogens is 486 g/mol. The van der Waals surface area contributed by atoms with E-state index in [1.54, 1.807) is 6.08 Å². The number of hydrogen-bond donors (Lipinski definition) is 3. The van der Waals surface area contributed by atoms with E-state index in [4.69, 9.17) is 0 Å². The Hall–Kier alpha value is -1.70. The highest BCUT2D eigenvalue weighted by atomic mass is 32.2. The molecule has 3 N–H and O–H groups in total. The molecule has 0 spiro atoms. The molecule has 0 aliphatic heterocycles. The SMILES string of the molecule is CCC/C=C/CC/C=C/C(O)C(CS(=O)(=O)O)NC(=O)CCCCCCC/C=C\C/C=C\CCCCC. The Bertz CT molecular complexity index is 771. The molecule has 37 heavy (non-hydrogen) atoms. The van der Waals surface area contributed by atoms with E-state index in [0.717, 1.165) is 57.8 Å². The minimum absolute atomic E-state index is 0.269. The van der Waals surface area contributed by atoms with Crippen LogP contribution in [0.2, 0.25) is 0 Å². The third-order valence-corrected chi connectivity index (χ3v) is 6.74. The van der Waals surface area contributed by atoms with Gasteiger partial charge in [0.15, 0.2) is 0 Å². The lowest BCUT2D eigenvalue weighted by Crippen LogP contribution is -2.46. The largest absolute Gasteiger partial charge is 0.387 e. The van der Waals surface area contributed by atoms with E-state index in [9.17, 15) is 22.9 Å². The summed E-state index contributed by atoms with van der Waals surface area (Å²) < 4.78 is 32.0. The molecule has 0 aliphatic carbocycles. The van der Waals surface area contributed by atoms with Crippen molar-refractivity contribution in [1.82, 2.24) is 5.32 Å². The Balaban J connectivity index is 4.12. The molecule has 0 rings (SSSR count). The number of allylic oxidation sites excluding steroid dienone is 7. The number of aliphatic hydroxyl groups is 1. The maximum atomic E-state index is 12.3. The number of hydrogen-bond acceptors (Lipinski definition) is 4. The summed E-state index contributed by atoms with van der Waals surface area (Å²) in [5.74, 6) is -1.03. The number of carbonyl (C=O) groups is 1. The molecular formula is C30H53NO5S. The fraction of sp³-hybridized carbons (Fsp3) is 0.700. The first-order valence-electron chi connectivity index (χ1n) is 14.3. The van der Waals surface area contributed by atoms with E-state index in [0.29, 0.717) is 12.8 Å². The molecule has 7 heteroatoms. The standard InChI is InChI=1S/C30H53NO5S/c1-3-5-7-9-11-12-13-14-15-16-17-18-20-22-24-26-30(33)31-28(27-37(34,35)36)29(32)25-23-21-19-10-8-6-4-2/h8,10-12,14-15,23,25,28-29,32H,3-7,9,13,16-22,24,26-27H2,1-2H3,(H,31,33)(H,34,35,36)/b10-8+,12-11-,15-14-,25-23+. The van der Waals surface area contributed by atoms with Crippen LogP contribution in [0.25, 0.3) is 0 Å². The van der Waals surface area contributed by atoms with Crippen LogP contribution in [-0.4, -0.2) is 41.9 Å². The van der Waals surface area contributed by atoms with Crippen molar-refractivity contribution in [3.63, 3.8) is 0 Å². The lowest BCUT2D eigenvalue weighted by atomic mass is 10.1. The molecule has 0 aromatic carbocycles. The third kappa shape index (κ3) is 25.7. The van der Waals surface area contributed by atoms with Crippen molar-refractivity contribution in [2.45, 2.75) is 129 Å². The zero-order valence-corrected chi connectivity index (χ0v) is 24.1. The predicted molar refractivity (Wildman–Crippen MR) is 156 cm³/mol. The van der Waals surface area contributed by atoms with Crippen LogP contribution >= 0.6 is 0 Å². The number of amides is 1. The monoisotopic (exact) mass is 539 g/mol. The van der Waals surface area contributed by atoms with Gasteiger partial charge in [-0.25, -0.2) is 0 Å². The number of nitrogens with one attached hydrogen (secondary N) is 1. The van der Waals surface area contributed by atoms with Crippen LogP contribution in [0.1, 0.15) is 117 Å². The van der Waals surface area contributed by atoms with E-state index in [2.05, 4.69) is 55.6 Å². The average Bonchev–Trinajstić information content (AvgIpc) is 2.84. The van der Waals surface area contributed by atoms with Crippen molar-refractivity contribution in [3.8, 4) is 0 Å². The quantitative estimate of drug-likeness (QED) is 0.0682. The molecule has 0 aromatic rings. The highest BCUT2D eigenvalue weighted by molar-refractivity contribution is 7.85. The lowest BCUT2D eigenvalue weighted by Gasteiger charge is -2.21. The van der Waals surface area contributed by atoms with Crippen LogP contribution in [0.3, 0.4) is 0 Å². The summed E-state index contributed by atoms with van der Waals surface area (Å²) in [6.45, 7) is 4.33. The molecule has 214 valence electrons. The first-order valence-corrected chi connectivity index (χ1v) is 15.9. The van der Waals surface area contributed by atoms with Gasteiger partial charge in [-0.2, -0.15) is 8.42 Å². The fourth-order valence-corrected chi connectivity index (χ4v) is 4.53. The molecule has 2 unspecified atom stereocenters. The van der Waals surface area contributed by atoms with Crippen molar-refractivity contribution in [2.75, 3.05) is 5.75 Å². The van der Waals surface area contributed by atoms with E-state index < -0.39 is 28.0 Å². The van der Waals surface area contributed by atoms with Crippen LogP contribution in [-0.2, 0) is 14.9 Å². The Morgan fingerprint density at radius 3 is 1.95 bits per heavy atom. The average molecular weight is 540 g/mol. The van der Waals surface area contributed by atoms with Crippen molar-refractivity contribution in [2.24, 2.45) is 0 Å². The zero-order valence-electron chi connectivity index (χ0n) is 23.3. The maximum Gasteiger partial charge on any atom is 0.267 e. The van der Waals surface area contributed by atoms with Crippen molar-refractivity contribution >= 4 is 16.0 Å².